The Morgan fingerprint density at radius 1 is 1.42 bits per heavy atom. The summed E-state index contributed by atoms with van der Waals surface area (Å²) in [6.07, 6.45) is 1.65. The van der Waals surface area contributed by atoms with E-state index in [2.05, 4.69) is 4.99 Å². The van der Waals surface area contributed by atoms with Gasteiger partial charge in [0.15, 0.2) is 0 Å². The smallest absolute Gasteiger partial charge is 0.208 e. The van der Waals surface area contributed by atoms with E-state index in [1.807, 2.05) is 18.2 Å². The third-order valence-corrected chi connectivity index (χ3v) is 1.22. The van der Waals surface area contributed by atoms with Crippen LogP contribution >= 0.6 is 0 Å². The van der Waals surface area contributed by atoms with E-state index in [0.717, 1.165) is 0 Å². The molecule has 1 rings (SSSR count). The summed E-state index contributed by atoms with van der Waals surface area (Å²) in [5.74, 6) is 1.04. The molecule has 0 unspecified atom stereocenters. The minimum atomic E-state index is 0.351. The average molecular weight is 160 g/mol. The lowest BCUT2D eigenvalue weighted by atomic mass is 10.3. The summed E-state index contributed by atoms with van der Waals surface area (Å²) in [4.78, 5) is 3.42. The molecule has 0 aliphatic carbocycles. The summed E-state index contributed by atoms with van der Waals surface area (Å²) in [6, 6.07) is 9.21. The number of para-hydroxylation sites is 1. The van der Waals surface area contributed by atoms with Crippen LogP contribution in [0.5, 0.6) is 5.75 Å². The van der Waals surface area contributed by atoms with Gasteiger partial charge in [-0.15, -0.1) is 4.99 Å². The molecule has 0 amide bonds. The van der Waals surface area contributed by atoms with E-state index in [0.29, 0.717) is 11.6 Å². The van der Waals surface area contributed by atoms with Crippen molar-refractivity contribution in [3.63, 3.8) is 0 Å². The Bertz CT molecular complexity index is 311. The van der Waals surface area contributed by atoms with E-state index in [1.54, 1.807) is 25.2 Å². The lowest BCUT2D eigenvalue weighted by Crippen LogP contribution is -2.01. The first-order valence-electron chi connectivity index (χ1n) is 3.49. The van der Waals surface area contributed by atoms with Gasteiger partial charge in [0.05, 0.1) is 0 Å². The highest BCUT2D eigenvalue weighted by atomic mass is 16.5. The van der Waals surface area contributed by atoms with Crippen molar-refractivity contribution in [3.8, 4) is 11.9 Å². The molecule has 1 aromatic rings. The van der Waals surface area contributed by atoms with Gasteiger partial charge < -0.3 is 4.74 Å². The van der Waals surface area contributed by atoms with Gasteiger partial charge in [-0.25, -0.2) is 0 Å². The van der Waals surface area contributed by atoms with Crippen LogP contribution in [0.4, 0.5) is 0 Å². The summed E-state index contributed by atoms with van der Waals surface area (Å²) in [5.41, 5.74) is 0. The molecule has 0 fully saturated rings. The fourth-order valence-electron chi connectivity index (χ4n) is 0.752. The minimum Gasteiger partial charge on any atom is -0.443 e. The summed E-state index contributed by atoms with van der Waals surface area (Å²) in [6.45, 7) is 1.64. The highest BCUT2D eigenvalue weighted by molar-refractivity contribution is 5.76. The molecule has 0 bridgehead atoms. The average Bonchev–Trinajstić information content (AvgIpc) is 2.06. The van der Waals surface area contributed by atoms with Crippen LogP contribution in [0.25, 0.3) is 0 Å². The molecule has 0 radical (unpaired) electrons. The third kappa shape index (κ3) is 2.43. The Labute approximate surface area is 70.9 Å². The van der Waals surface area contributed by atoms with Crippen LogP contribution in [0, 0.1) is 11.5 Å². The fourth-order valence-corrected chi connectivity index (χ4v) is 0.752. The predicted molar refractivity (Wildman–Crippen MR) is 45.8 cm³/mol. The van der Waals surface area contributed by atoms with Crippen molar-refractivity contribution >= 4 is 5.90 Å². The molecular weight excluding hydrogens is 152 g/mol. The SMILES string of the molecule is C/C(=N/C#N)Oc1ccccc1. The fraction of sp³-hybridized carbons (Fsp3) is 0.111. The van der Waals surface area contributed by atoms with E-state index in [4.69, 9.17) is 10.00 Å². The number of benzene rings is 1. The molecule has 0 saturated heterocycles. The second-order valence-electron chi connectivity index (χ2n) is 2.15. The van der Waals surface area contributed by atoms with Gasteiger partial charge in [-0.1, -0.05) is 18.2 Å². The molecule has 0 N–H and O–H groups in total. The molecule has 0 aromatic heterocycles. The Morgan fingerprint density at radius 3 is 2.67 bits per heavy atom. The van der Waals surface area contributed by atoms with Crippen molar-refractivity contribution in [3.05, 3.63) is 30.3 Å². The van der Waals surface area contributed by atoms with Crippen LogP contribution in [0.1, 0.15) is 6.92 Å². The van der Waals surface area contributed by atoms with Crippen molar-refractivity contribution in [1.82, 2.24) is 0 Å². The predicted octanol–water partition coefficient (Wildman–Crippen LogP) is 1.96. The molecule has 0 spiro atoms. The molecule has 0 aliphatic heterocycles. The van der Waals surface area contributed by atoms with Crippen LogP contribution in [0.15, 0.2) is 35.3 Å². The zero-order valence-electron chi connectivity index (χ0n) is 6.69. The first-order valence-corrected chi connectivity index (χ1v) is 3.49. The van der Waals surface area contributed by atoms with Gasteiger partial charge in [0.25, 0.3) is 0 Å². The van der Waals surface area contributed by atoms with Crippen molar-refractivity contribution in [2.75, 3.05) is 0 Å². The maximum Gasteiger partial charge on any atom is 0.208 e. The zero-order valence-corrected chi connectivity index (χ0v) is 6.69. The van der Waals surface area contributed by atoms with Gasteiger partial charge in [0, 0.05) is 6.92 Å². The largest absolute Gasteiger partial charge is 0.443 e. The number of nitrogens with zero attached hydrogens (tertiary/aromatic N) is 2. The zero-order chi connectivity index (χ0) is 8.81. The molecule has 3 nitrogen and oxygen atoms in total. The van der Waals surface area contributed by atoms with E-state index < -0.39 is 0 Å². The highest BCUT2D eigenvalue weighted by Crippen LogP contribution is 2.08. The van der Waals surface area contributed by atoms with Crippen molar-refractivity contribution in [2.45, 2.75) is 6.92 Å². The quantitative estimate of drug-likeness (QED) is 0.358. The molecular formula is C9H8N2O. The molecule has 0 saturated carbocycles. The van der Waals surface area contributed by atoms with Crippen LogP contribution in [-0.2, 0) is 0 Å². The third-order valence-electron chi connectivity index (χ3n) is 1.22. The second kappa shape index (κ2) is 4.14. The Hall–Kier alpha value is -1.82. The van der Waals surface area contributed by atoms with Crippen molar-refractivity contribution in [2.24, 2.45) is 4.99 Å². The number of hydrogen-bond donors (Lipinski definition) is 0. The molecule has 60 valence electrons. The first-order chi connectivity index (χ1) is 5.83. The molecule has 0 aliphatic rings. The number of nitriles is 1. The second-order valence-corrected chi connectivity index (χ2v) is 2.15. The molecule has 12 heavy (non-hydrogen) atoms. The van der Waals surface area contributed by atoms with E-state index in [-0.39, 0.29) is 0 Å². The van der Waals surface area contributed by atoms with Crippen LogP contribution in [0.2, 0.25) is 0 Å². The van der Waals surface area contributed by atoms with Gasteiger partial charge in [-0.2, -0.15) is 5.26 Å². The number of aliphatic imine (C=N–C) groups is 1. The van der Waals surface area contributed by atoms with Crippen LogP contribution in [-0.4, -0.2) is 5.90 Å². The van der Waals surface area contributed by atoms with E-state index in [9.17, 15) is 0 Å². The number of rotatable bonds is 1. The van der Waals surface area contributed by atoms with Crippen LogP contribution < -0.4 is 4.74 Å². The monoisotopic (exact) mass is 160 g/mol. The Kier molecular flexibility index (Phi) is 2.86. The maximum atomic E-state index is 8.20. The van der Waals surface area contributed by atoms with E-state index >= 15 is 0 Å². The molecule has 1 aromatic carbocycles. The van der Waals surface area contributed by atoms with Crippen molar-refractivity contribution < 1.29 is 4.74 Å². The molecule has 0 atom stereocenters. The van der Waals surface area contributed by atoms with Crippen LogP contribution in [0.3, 0.4) is 0 Å². The maximum absolute atomic E-state index is 8.20. The van der Waals surface area contributed by atoms with E-state index in [1.165, 1.54) is 0 Å². The first kappa shape index (κ1) is 8.28. The van der Waals surface area contributed by atoms with Gasteiger partial charge in [-0.05, 0) is 12.1 Å². The van der Waals surface area contributed by atoms with Gasteiger partial charge in [0.1, 0.15) is 5.75 Å². The number of hydrogen-bond acceptors (Lipinski definition) is 3. The molecule has 3 heteroatoms. The number of ether oxygens (including phenoxy) is 1. The lowest BCUT2D eigenvalue weighted by Gasteiger charge is -2.00. The summed E-state index contributed by atoms with van der Waals surface area (Å²) in [7, 11) is 0. The minimum absolute atomic E-state index is 0.351. The van der Waals surface area contributed by atoms with Gasteiger partial charge >= 0.3 is 0 Å². The Morgan fingerprint density at radius 2 is 2.08 bits per heavy atom. The summed E-state index contributed by atoms with van der Waals surface area (Å²) < 4.78 is 5.18. The summed E-state index contributed by atoms with van der Waals surface area (Å²) >= 11 is 0. The standard InChI is InChI=1S/C9H8N2O/c1-8(11-7-10)12-9-5-3-2-4-6-9/h2-6H,1H3/b11-8-. The van der Waals surface area contributed by atoms with Crippen molar-refractivity contribution in [1.29, 1.82) is 5.26 Å². The highest BCUT2D eigenvalue weighted by Gasteiger charge is 1.93. The van der Waals surface area contributed by atoms with Gasteiger partial charge in [0.2, 0.25) is 12.1 Å². The lowest BCUT2D eigenvalue weighted by molar-refractivity contribution is 0.547. The summed E-state index contributed by atoms with van der Waals surface area (Å²) in [5, 5.41) is 8.20. The van der Waals surface area contributed by atoms with Gasteiger partial charge in [-0.3, -0.25) is 0 Å². The topological polar surface area (TPSA) is 45.4 Å². The Balaban J connectivity index is 2.66. The normalized spacial score (nSPS) is 10.5. The molecule has 0 heterocycles.